The first kappa shape index (κ1) is 22.4. The van der Waals surface area contributed by atoms with E-state index in [0.29, 0.717) is 30.4 Å². The van der Waals surface area contributed by atoms with Crippen LogP contribution in [0.2, 0.25) is 0 Å². The van der Waals surface area contributed by atoms with Crippen LogP contribution in [-0.2, 0) is 14.4 Å². The van der Waals surface area contributed by atoms with Gasteiger partial charge in [0.2, 0.25) is 11.8 Å². The average Bonchev–Trinajstić information content (AvgIpc) is 2.81. The number of piperidine rings is 1. The molecule has 0 aromatic heterocycles. The van der Waals surface area contributed by atoms with Crippen molar-refractivity contribution in [2.75, 3.05) is 29.9 Å². The first-order valence-corrected chi connectivity index (χ1v) is 12.1. The highest BCUT2D eigenvalue weighted by molar-refractivity contribution is 8.01. The molecule has 1 saturated heterocycles. The van der Waals surface area contributed by atoms with Crippen molar-refractivity contribution in [3.63, 3.8) is 0 Å². The summed E-state index contributed by atoms with van der Waals surface area (Å²) in [5, 5.41) is 2.03. The van der Waals surface area contributed by atoms with Crippen LogP contribution in [0.1, 0.15) is 44.6 Å². The van der Waals surface area contributed by atoms with Crippen molar-refractivity contribution in [2.45, 2.75) is 49.2 Å². The lowest BCUT2D eigenvalue weighted by molar-refractivity contribution is -0.135. The Morgan fingerprint density at radius 2 is 1.72 bits per heavy atom. The number of benzene rings is 2. The van der Waals surface area contributed by atoms with E-state index in [1.165, 1.54) is 22.2 Å². The van der Waals surface area contributed by atoms with E-state index >= 15 is 0 Å². The molecule has 2 aliphatic heterocycles. The Kier molecular flexibility index (Phi) is 6.84. The number of para-hydroxylation sites is 1. The Bertz CT molecular complexity index is 1000. The number of fused-ring (bicyclic) bond motifs is 1. The SMILES string of the molecule is CC(C)c1ccc(NC(=O)CN2C(=O)C(C(=O)N3CCCCC3)Sc3ccccc32)cc1. The number of hydrogen-bond acceptors (Lipinski definition) is 4. The second-order valence-corrected chi connectivity index (χ2v) is 9.75. The predicted octanol–water partition coefficient (Wildman–Crippen LogP) is 4.27. The summed E-state index contributed by atoms with van der Waals surface area (Å²) in [5.41, 5.74) is 2.56. The molecule has 2 aromatic carbocycles. The van der Waals surface area contributed by atoms with Gasteiger partial charge in [-0.15, -0.1) is 11.8 Å². The fraction of sp³-hybridized carbons (Fsp3) is 0.400. The van der Waals surface area contributed by atoms with Gasteiger partial charge in [-0.3, -0.25) is 14.4 Å². The monoisotopic (exact) mass is 451 g/mol. The van der Waals surface area contributed by atoms with Gasteiger partial charge in [-0.25, -0.2) is 0 Å². The normalized spacial score (nSPS) is 18.5. The molecule has 2 heterocycles. The van der Waals surface area contributed by atoms with Gasteiger partial charge < -0.3 is 15.1 Å². The summed E-state index contributed by atoms with van der Waals surface area (Å²) in [5.74, 6) is -0.353. The molecule has 0 bridgehead atoms. The third-order valence-electron chi connectivity index (χ3n) is 5.95. The van der Waals surface area contributed by atoms with E-state index in [0.717, 1.165) is 24.2 Å². The maximum atomic E-state index is 13.4. The standard InChI is InChI=1S/C25H29N3O3S/c1-17(2)18-10-12-19(13-11-18)26-22(29)16-28-20-8-4-5-9-21(20)32-23(25(28)31)24(30)27-14-6-3-7-15-27/h4-5,8-13,17,23H,3,6-7,14-16H2,1-2H3,(H,26,29). The molecule has 0 saturated carbocycles. The number of thioether (sulfide) groups is 1. The van der Waals surface area contributed by atoms with Gasteiger partial charge in [-0.1, -0.05) is 38.1 Å². The smallest absolute Gasteiger partial charge is 0.250 e. The Hall–Kier alpha value is -2.80. The molecule has 0 aliphatic carbocycles. The highest BCUT2D eigenvalue weighted by Gasteiger charge is 2.40. The summed E-state index contributed by atoms with van der Waals surface area (Å²) in [4.78, 5) is 43.4. The Morgan fingerprint density at radius 3 is 2.41 bits per heavy atom. The first-order valence-electron chi connectivity index (χ1n) is 11.2. The Morgan fingerprint density at radius 1 is 1.03 bits per heavy atom. The maximum Gasteiger partial charge on any atom is 0.250 e. The van der Waals surface area contributed by atoms with Gasteiger partial charge in [-0.05, 0) is 55.0 Å². The number of amides is 3. The number of hydrogen-bond donors (Lipinski definition) is 1. The van der Waals surface area contributed by atoms with Crippen LogP contribution < -0.4 is 10.2 Å². The van der Waals surface area contributed by atoms with E-state index in [4.69, 9.17) is 0 Å². The molecule has 1 unspecified atom stereocenters. The van der Waals surface area contributed by atoms with E-state index in [1.54, 1.807) is 4.90 Å². The van der Waals surface area contributed by atoms with E-state index in [1.807, 2.05) is 48.5 Å². The van der Waals surface area contributed by atoms with Crippen LogP contribution in [0.3, 0.4) is 0 Å². The van der Waals surface area contributed by atoms with Crippen molar-refractivity contribution in [2.24, 2.45) is 0 Å². The lowest BCUT2D eigenvalue weighted by Gasteiger charge is -2.36. The zero-order valence-electron chi connectivity index (χ0n) is 18.5. The summed E-state index contributed by atoms with van der Waals surface area (Å²) < 4.78 is 0. The minimum absolute atomic E-state index is 0.133. The number of anilines is 2. The number of carbonyl (C=O) groups is 3. The van der Waals surface area contributed by atoms with Crippen molar-refractivity contribution >= 4 is 40.9 Å². The van der Waals surface area contributed by atoms with E-state index < -0.39 is 5.25 Å². The van der Waals surface area contributed by atoms with Gasteiger partial charge in [0.25, 0.3) is 5.91 Å². The summed E-state index contributed by atoms with van der Waals surface area (Å²) >= 11 is 1.29. The van der Waals surface area contributed by atoms with Crippen LogP contribution in [0.25, 0.3) is 0 Å². The maximum absolute atomic E-state index is 13.4. The zero-order valence-corrected chi connectivity index (χ0v) is 19.4. The van der Waals surface area contributed by atoms with Crippen molar-refractivity contribution < 1.29 is 14.4 Å². The van der Waals surface area contributed by atoms with Gasteiger partial charge >= 0.3 is 0 Å². The largest absolute Gasteiger partial charge is 0.341 e. The minimum Gasteiger partial charge on any atom is -0.341 e. The van der Waals surface area contributed by atoms with E-state index in [9.17, 15) is 14.4 Å². The molecule has 32 heavy (non-hydrogen) atoms. The van der Waals surface area contributed by atoms with Crippen LogP contribution in [0.4, 0.5) is 11.4 Å². The molecule has 1 N–H and O–H groups in total. The molecule has 6 nitrogen and oxygen atoms in total. The van der Waals surface area contributed by atoms with Crippen LogP contribution >= 0.6 is 11.8 Å². The molecule has 2 aliphatic rings. The van der Waals surface area contributed by atoms with E-state index in [2.05, 4.69) is 19.2 Å². The highest BCUT2D eigenvalue weighted by atomic mass is 32.2. The van der Waals surface area contributed by atoms with Crippen LogP contribution in [0.5, 0.6) is 0 Å². The fourth-order valence-corrected chi connectivity index (χ4v) is 5.30. The topological polar surface area (TPSA) is 69.7 Å². The quantitative estimate of drug-likeness (QED) is 0.690. The molecule has 2 aromatic rings. The molecule has 4 rings (SSSR count). The number of nitrogens with one attached hydrogen (secondary N) is 1. The van der Waals surface area contributed by atoms with Crippen molar-refractivity contribution in [1.82, 2.24) is 4.90 Å². The second-order valence-electron chi connectivity index (χ2n) is 8.60. The highest BCUT2D eigenvalue weighted by Crippen LogP contribution is 2.40. The van der Waals surface area contributed by atoms with Gasteiger partial charge in [0.15, 0.2) is 5.25 Å². The molecular formula is C25H29N3O3S. The third kappa shape index (κ3) is 4.83. The molecule has 168 valence electrons. The van der Waals surface area contributed by atoms with Gasteiger partial charge in [0.05, 0.1) is 5.69 Å². The second kappa shape index (κ2) is 9.77. The summed E-state index contributed by atoms with van der Waals surface area (Å²) in [6, 6.07) is 15.2. The lowest BCUT2D eigenvalue weighted by Crippen LogP contribution is -2.52. The Balaban J connectivity index is 1.51. The molecule has 0 spiro atoms. The lowest BCUT2D eigenvalue weighted by atomic mass is 10.0. The number of nitrogens with zero attached hydrogens (tertiary/aromatic N) is 2. The number of rotatable bonds is 5. The predicted molar refractivity (Wildman–Crippen MR) is 128 cm³/mol. The van der Waals surface area contributed by atoms with Gasteiger partial charge in [-0.2, -0.15) is 0 Å². The third-order valence-corrected chi connectivity index (χ3v) is 7.18. The minimum atomic E-state index is -0.846. The van der Waals surface area contributed by atoms with Crippen molar-refractivity contribution in [1.29, 1.82) is 0 Å². The zero-order chi connectivity index (χ0) is 22.7. The Labute approximate surface area is 193 Å². The molecule has 3 amide bonds. The van der Waals surface area contributed by atoms with Crippen molar-refractivity contribution in [3.8, 4) is 0 Å². The summed E-state index contributed by atoms with van der Waals surface area (Å²) in [6.45, 7) is 5.49. The molecule has 0 radical (unpaired) electrons. The van der Waals surface area contributed by atoms with Gasteiger partial charge in [0.1, 0.15) is 6.54 Å². The summed E-state index contributed by atoms with van der Waals surface area (Å²) in [7, 11) is 0. The number of likely N-dealkylation sites (tertiary alicyclic amines) is 1. The number of carbonyl (C=O) groups excluding carboxylic acids is 3. The van der Waals surface area contributed by atoms with E-state index in [-0.39, 0.29) is 24.3 Å². The molecular weight excluding hydrogens is 422 g/mol. The first-order chi connectivity index (χ1) is 15.4. The summed E-state index contributed by atoms with van der Waals surface area (Å²) in [6.07, 6.45) is 3.05. The van der Waals surface area contributed by atoms with Crippen LogP contribution in [0, 0.1) is 0 Å². The molecule has 1 fully saturated rings. The van der Waals surface area contributed by atoms with Crippen molar-refractivity contribution in [3.05, 3.63) is 54.1 Å². The molecule has 1 atom stereocenters. The van der Waals surface area contributed by atoms with Crippen LogP contribution in [-0.4, -0.2) is 47.5 Å². The van der Waals surface area contributed by atoms with Crippen LogP contribution in [0.15, 0.2) is 53.4 Å². The van der Waals surface area contributed by atoms with Gasteiger partial charge in [0, 0.05) is 23.7 Å². The average molecular weight is 452 g/mol. The molecule has 7 heteroatoms. The fourth-order valence-electron chi connectivity index (χ4n) is 4.11.